The third-order valence-corrected chi connectivity index (χ3v) is 2.10. The van der Waals surface area contributed by atoms with Crippen LogP contribution in [-0.4, -0.2) is 62.2 Å². The highest BCUT2D eigenvalue weighted by Crippen LogP contribution is 2.30. The van der Waals surface area contributed by atoms with Crippen LogP contribution >= 0.6 is 0 Å². The van der Waals surface area contributed by atoms with E-state index in [0.29, 0.717) is 0 Å². The quantitative estimate of drug-likeness (QED) is 0.340. The maximum Gasteiger partial charge on any atom is 0.364 e. The van der Waals surface area contributed by atoms with E-state index in [9.17, 15) is 15.0 Å². The van der Waals surface area contributed by atoms with Crippen LogP contribution in [0.1, 0.15) is 6.42 Å². The molecule has 1 aliphatic heterocycles. The van der Waals surface area contributed by atoms with Gasteiger partial charge in [0.2, 0.25) is 0 Å². The molecular weight excluding hydrogens is 196 g/mol. The van der Waals surface area contributed by atoms with Crippen molar-refractivity contribution in [2.75, 3.05) is 6.61 Å². The van der Waals surface area contributed by atoms with Crippen molar-refractivity contribution < 1.29 is 35.1 Å². The molecular formula is C7H12O7. The fourth-order valence-electron chi connectivity index (χ4n) is 1.33. The molecule has 0 radical (unpaired) electrons. The Bertz CT molecular complexity index is 230. The number of carbonyl (C=O) groups is 1. The maximum absolute atomic E-state index is 10.5. The number of hydrogen-bond acceptors (Lipinski definition) is 6. The molecule has 0 aliphatic carbocycles. The molecule has 0 spiro atoms. The molecule has 14 heavy (non-hydrogen) atoms. The first kappa shape index (κ1) is 11.3. The van der Waals surface area contributed by atoms with Crippen LogP contribution in [0.4, 0.5) is 0 Å². The van der Waals surface area contributed by atoms with Crippen LogP contribution in [-0.2, 0) is 9.53 Å². The van der Waals surface area contributed by atoms with Crippen molar-refractivity contribution in [1.82, 2.24) is 0 Å². The summed E-state index contributed by atoms with van der Waals surface area (Å²) in [6.07, 6.45) is -4.57. The summed E-state index contributed by atoms with van der Waals surface area (Å²) < 4.78 is 4.57. The summed E-state index contributed by atoms with van der Waals surface area (Å²) in [6, 6.07) is 0. The fraction of sp³-hybridized carbons (Fsp3) is 0.857. The Hall–Kier alpha value is -0.730. The Labute approximate surface area is 79.2 Å². The highest BCUT2D eigenvalue weighted by Gasteiger charge is 2.52. The highest BCUT2D eigenvalue weighted by atomic mass is 16.7. The van der Waals surface area contributed by atoms with Crippen molar-refractivity contribution in [1.29, 1.82) is 0 Å². The normalized spacial score (nSPS) is 39.7. The number of carboxylic acid groups (broad SMARTS) is 1. The van der Waals surface area contributed by atoms with Gasteiger partial charge in [0.1, 0.15) is 12.2 Å². The lowest BCUT2D eigenvalue weighted by Gasteiger charge is -2.20. The van der Waals surface area contributed by atoms with E-state index in [0.717, 1.165) is 0 Å². The Morgan fingerprint density at radius 1 is 1.64 bits per heavy atom. The monoisotopic (exact) mass is 208 g/mol. The third-order valence-electron chi connectivity index (χ3n) is 2.10. The number of aliphatic hydroxyl groups excluding tert-OH is 3. The van der Waals surface area contributed by atoms with Crippen molar-refractivity contribution in [3.05, 3.63) is 0 Å². The molecule has 1 saturated heterocycles. The van der Waals surface area contributed by atoms with Gasteiger partial charge in [-0.1, -0.05) is 0 Å². The zero-order valence-electron chi connectivity index (χ0n) is 7.20. The van der Waals surface area contributed by atoms with E-state index in [1.54, 1.807) is 0 Å². The van der Waals surface area contributed by atoms with Crippen LogP contribution in [0.15, 0.2) is 0 Å². The smallest absolute Gasteiger partial charge is 0.364 e. The van der Waals surface area contributed by atoms with Crippen LogP contribution in [0.3, 0.4) is 0 Å². The van der Waals surface area contributed by atoms with Gasteiger partial charge in [-0.2, -0.15) is 0 Å². The molecule has 0 unspecified atom stereocenters. The van der Waals surface area contributed by atoms with Crippen LogP contribution < -0.4 is 0 Å². The predicted molar refractivity (Wildman–Crippen MR) is 41.2 cm³/mol. The zero-order chi connectivity index (χ0) is 10.9. The first-order valence-electron chi connectivity index (χ1n) is 4.01. The summed E-state index contributed by atoms with van der Waals surface area (Å²) in [5.74, 6) is -4.12. The van der Waals surface area contributed by atoms with Crippen LogP contribution in [0.2, 0.25) is 0 Å². The topological polar surface area (TPSA) is 127 Å². The molecule has 82 valence electrons. The molecule has 1 rings (SSSR count). The Morgan fingerprint density at radius 3 is 2.57 bits per heavy atom. The molecule has 1 aliphatic rings. The second kappa shape index (κ2) is 3.79. The van der Waals surface area contributed by atoms with Crippen molar-refractivity contribution >= 4 is 5.97 Å². The third kappa shape index (κ3) is 1.86. The highest BCUT2D eigenvalue weighted by molar-refractivity contribution is 5.75. The molecule has 7 heteroatoms. The maximum atomic E-state index is 10.5. The zero-order valence-corrected chi connectivity index (χ0v) is 7.20. The van der Waals surface area contributed by atoms with E-state index in [-0.39, 0.29) is 0 Å². The summed E-state index contributed by atoms with van der Waals surface area (Å²) in [7, 11) is 0. The van der Waals surface area contributed by atoms with Gasteiger partial charge in [0, 0.05) is 6.42 Å². The minimum atomic E-state index is -2.49. The van der Waals surface area contributed by atoms with E-state index < -0.39 is 43.1 Å². The molecule has 0 aromatic rings. The van der Waals surface area contributed by atoms with Gasteiger partial charge in [-0.05, 0) is 0 Å². The molecule has 1 heterocycles. The van der Waals surface area contributed by atoms with Crippen molar-refractivity contribution in [2.24, 2.45) is 0 Å². The van der Waals surface area contributed by atoms with Crippen LogP contribution in [0.5, 0.6) is 0 Å². The number of carboxylic acids is 1. The van der Waals surface area contributed by atoms with Gasteiger partial charge in [0.15, 0.2) is 0 Å². The van der Waals surface area contributed by atoms with Gasteiger partial charge >= 0.3 is 5.97 Å². The fourth-order valence-corrected chi connectivity index (χ4v) is 1.33. The van der Waals surface area contributed by atoms with Gasteiger partial charge in [0.25, 0.3) is 5.79 Å². The van der Waals surface area contributed by atoms with E-state index in [2.05, 4.69) is 4.74 Å². The summed E-state index contributed by atoms with van der Waals surface area (Å²) in [5.41, 5.74) is 0. The predicted octanol–water partition coefficient (Wildman–Crippen LogP) is -2.74. The summed E-state index contributed by atoms with van der Waals surface area (Å²) >= 11 is 0. The van der Waals surface area contributed by atoms with Crippen LogP contribution in [0, 0.1) is 0 Å². The minimum absolute atomic E-state index is 0.538. The number of aliphatic hydroxyl groups is 4. The lowest BCUT2D eigenvalue weighted by Crippen LogP contribution is -2.41. The first-order chi connectivity index (χ1) is 6.40. The standard InChI is InChI=1S/C7H12O7/c8-2-4(10)5-3(9)1-7(13,14-5)6(11)12/h3-5,8-10,13H,1-2H2,(H,11,12)/t3-,4-,5+,7-/m1/s1. The lowest BCUT2D eigenvalue weighted by molar-refractivity contribution is -0.226. The minimum Gasteiger partial charge on any atom is -0.477 e. The molecule has 1 fully saturated rings. The van der Waals surface area contributed by atoms with Crippen LogP contribution in [0.25, 0.3) is 0 Å². The molecule has 5 N–H and O–H groups in total. The van der Waals surface area contributed by atoms with E-state index in [1.807, 2.05) is 0 Å². The molecule has 0 bridgehead atoms. The second-order valence-electron chi connectivity index (χ2n) is 3.19. The number of rotatable bonds is 3. The SMILES string of the molecule is O=C(O)[C@@]1(O)C[C@@H](O)[C@@H]([C@H](O)CO)O1. The number of ether oxygens (including phenoxy) is 1. The molecule has 0 aromatic carbocycles. The Kier molecular flexibility index (Phi) is 3.07. The largest absolute Gasteiger partial charge is 0.477 e. The van der Waals surface area contributed by atoms with Gasteiger partial charge < -0.3 is 30.3 Å². The summed E-state index contributed by atoms with van der Waals surface area (Å²) in [6.45, 7) is -0.683. The van der Waals surface area contributed by atoms with Gasteiger partial charge in [-0.3, -0.25) is 0 Å². The van der Waals surface area contributed by atoms with E-state index >= 15 is 0 Å². The Morgan fingerprint density at radius 2 is 2.21 bits per heavy atom. The molecule has 7 nitrogen and oxygen atoms in total. The van der Waals surface area contributed by atoms with Gasteiger partial charge in [-0.25, -0.2) is 4.79 Å². The average molecular weight is 208 g/mol. The van der Waals surface area contributed by atoms with E-state index in [4.69, 9.17) is 15.3 Å². The summed E-state index contributed by atoms with van der Waals surface area (Å²) in [5, 5.41) is 44.7. The number of hydrogen-bond donors (Lipinski definition) is 5. The Balaban J connectivity index is 2.73. The lowest BCUT2D eigenvalue weighted by atomic mass is 10.1. The average Bonchev–Trinajstić information content (AvgIpc) is 2.42. The van der Waals surface area contributed by atoms with Gasteiger partial charge in [-0.15, -0.1) is 0 Å². The molecule has 4 atom stereocenters. The van der Waals surface area contributed by atoms with E-state index in [1.165, 1.54) is 0 Å². The van der Waals surface area contributed by atoms with Crippen molar-refractivity contribution in [2.45, 2.75) is 30.5 Å². The van der Waals surface area contributed by atoms with Crippen molar-refractivity contribution in [3.8, 4) is 0 Å². The number of aliphatic carboxylic acids is 1. The molecule has 0 amide bonds. The second-order valence-corrected chi connectivity index (χ2v) is 3.19. The van der Waals surface area contributed by atoms with Crippen molar-refractivity contribution in [3.63, 3.8) is 0 Å². The molecule has 0 saturated carbocycles. The first-order valence-corrected chi connectivity index (χ1v) is 4.01. The molecule has 0 aromatic heterocycles. The van der Waals surface area contributed by atoms with Gasteiger partial charge in [0.05, 0.1) is 12.7 Å². The summed E-state index contributed by atoms with van der Waals surface area (Å²) in [4.78, 5) is 10.5.